The first-order chi connectivity index (χ1) is 9.31. The quantitative estimate of drug-likeness (QED) is 0.412. The lowest BCUT2D eigenvalue weighted by Gasteiger charge is -2.29. The Morgan fingerprint density at radius 2 is 1.79 bits per heavy atom. The molecule has 19 heavy (non-hydrogen) atoms. The van der Waals surface area contributed by atoms with Gasteiger partial charge in [-0.2, -0.15) is 10.5 Å². The molecular weight excluding hydrogens is 234 g/mol. The number of hydrogen-bond acceptors (Lipinski definition) is 3. The maximum atomic E-state index is 8.90. The lowest BCUT2D eigenvalue weighted by atomic mass is 10.1. The molecule has 3 heteroatoms. The molecule has 1 rings (SSSR count). The van der Waals surface area contributed by atoms with Gasteiger partial charge < -0.3 is 4.90 Å². The van der Waals surface area contributed by atoms with E-state index in [0.717, 1.165) is 25.2 Å². The average Bonchev–Trinajstić information content (AvgIpc) is 2.47. The Hall–Kier alpha value is -1.74. The van der Waals surface area contributed by atoms with Crippen molar-refractivity contribution in [2.24, 2.45) is 0 Å². The minimum absolute atomic E-state index is 0.201. The van der Waals surface area contributed by atoms with Crippen LogP contribution in [0.5, 0.6) is 0 Å². The molecule has 0 saturated carbocycles. The van der Waals surface area contributed by atoms with Crippen LogP contribution in [0.1, 0.15) is 51.9 Å². The van der Waals surface area contributed by atoms with Gasteiger partial charge >= 0.3 is 0 Å². The van der Waals surface area contributed by atoms with Crippen LogP contribution in [-0.4, -0.2) is 18.0 Å². The minimum Gasteiger partial charge on any atom is -0.372 e. The zero-order valence-corrected chi connectivity index (χ0v) is 11.9. The highest BCUT2D eigenvalue weighted by atomic mass is 15.1. The van der Waals surface area contributed by atoms with Gasteiger partial charge in [-0.25, -0.2) is 0 Å². The van der Waals surface area contributed by atoms with Crippen molar-refractivity contribution in [1.82, 2.24) is 4.90 Å². The molecule has 0 radical (unpaired) electrons. The van der Waals surface area contributed by atoms with E-state index >= 15 is 0 Å². The summed E-state index contributed by atoms with van der Waals surface area (Å²) in [5.74, 6) is 0. The summed E-state index contributed by atoms with van der Waals surface area (Å²) in [7, 11) is 0. The second-order valence-corrected chi connectivity index (χ2v) is 4.95. The predicted octanol–water partition coefficient (Wildman–Crippen LogP) is 3.91. The van der Waals surface area contributed by atoms with Crippen molar-refractivity contribution in [3.05, 3.63) is 23.4 Å². The molecule has 1 fully saturated rings. The fourth-order valence-electron chi connectivity index (χ4n) is 2.31. The van der Waals surface area contributed by atoms with Crippen LogP contribution in [0.25, 0.3) is 0 Å². The third kappa shape index (κ3) is 5.62. The highest BCUT2D eigenvalue weighted by Gasteiger charge is 2.12. The zero-order chi connectivity index (χ0) is 13.9. The Balaban J connectivity index is 2.75. The van der Waals surface area contributed by atoms with Crippen molar-refractivity contribution in [3.63, 3.8) is 0 Å². The second kappa shape index (κ2) is 9.22. The highest BCUT2D eigenvalue weighted by Crippen LogP contribution is 2.18. The predicted molar refractivity (Wildman–Crippen MR) is 77.0 cm³/mol. The van der Waals surface area contributed by atoms with Crippen molar-refractivity contribution < 1.29 is 0 Å². The smallest absolute Gasteiger partial charge is 0.131 e. The lowest BCUT2D eigenvalue weighted by molar-refractivity contribution is 0.292. The minimum atomic E-state index is 0.201. The van der Waals surface area contributed by atoms with E-state index in [1.807, 2.05) is 12.1 Å². The second-order valence-electron chi connectivity index (χ2n) is 4.95. The summed E-state index contributed by atoms with van der Waals surface area (Å²) in [6.45, 7) is 4.28. The Morgan fingerprint density at radius 3 is 2.37 bits per heavy atom. The summed E-state index contributed by atoms with van der Waals surface area (Å²) in [5, 5.41) is 17.8. The van der Waals surface area contributed by atoms with E-state index in [9.17, 15) is 0 Å². The fraction of sp³-hybridized carbons (Fsp3) is 0.625. The zero-order valence-electron chi connectivity index (χ0n) is 11.9. The number of nitriles is 2. The van der Waals surface area contributed by atoms with Gasteiger partial charge in [-0.1, -0.05) is 25.8 Å². The molecule has 0 aromatic rings. The molecule has 0 atom stereocenters. The van der Waals surface area contributed by atoms with Gasteiger partial charge in [0, 0.05) is 18.8 Å². The van der Waals surface area contributed by atoms with E-state index < -0.39 is 0 Å². The Labute approximate surface area is 116 Å². The van der Waals surface area contributed by atoms with Crippen LogP contribution in [0.2, 0.25) is 0 Å². The summed E-state index contributed by atoms with van der Waals surface area (Å²) in [6, 6.07) is 3.91. The third-order valence-electron chi connectivity index (χ3n) is 3.42. The molecule has 0 aromatic heterocycles. The largest absolute Gasteiger partial charge is 0.372 e. The summed E-state index contributed by atoms with van der Waals surface area (Å²) in [4.78, 5) is 2.31. The summed E-state index contributed by atoms with van der Waals surface area (Å²) in [5.41, 5.74) is 1.27. The average molecular weight is 257 g/mol. The van der Waals surface area contributed by atoms with Crippen LogP contribution < -0.4 is 0 Å². The maximum Gasteiger partial charge on any atom is 0.131 e. The van der Waals surface area contributed by atoms with Gasteiger partial charge in [0.25, 0.3) is 0 Å². The number of piperidine rings is 1. The van der Waals surface area contributed by atoms with Gasteiger partial charge in [-0.15, -0.1) is 0 Å². The number of unbranched alkanes of at least 4 members (excludes halogenated alkanes) is 3. The van der Waals surface area contributed by atoms with Crippen LogP contribution >= 0.6 is 0 Å². The summed E-state index contributed by atoms with van der Waals surface area (Å²) < 4.78 is 0. The van der Waals surface area contributed by atoms with E-state index in [1.54, 1.807) is 6.08 Å². The molecule has 0 aromatic carbocycles. The van der Waals surface area contributed by atoms with Gasteiger partial charge in [-0.05, 0) is 38.2 Å². The highest BCUT2D eigenvalue weighted by molar-refractivity contribution is 5.41. The number of allylic oxidation sites excluding steroid dienone is 3. The molecule has 0 amide bonds. The van der Waals surface area contributed by atoms with Crippen LogP contribution in [0.15, 0.2) is 23.4 Å². The third-order valence-corrected chi connectivity index (χ3v) is 3.42. The van der Waals surface area contributed by atoms with Crippen molar-refractivity contribution >= 4 is 0 Å². The summed E-state index contributed by atoms with van der Waals surface area (Å²) >= 11 is 0. The van der Waals surface area contributed by atoms with Gasteiger partial charge in [0.1, 0.15) is 17.7 Å². The maximum absolute atomic E-state index is 8.90. The molecule has 0 spiro atoms. The molecule has 102 valence electrons. The Bertz CT molecular complexity index is 385. The molecule has 1 saturated heterocycles. The van der Waals surface area contributed by atoms with Gasteiger partial charge in [0.2, 0.25) is 0 Å². The molecule has 0 bridgehead atoms. The van der Waals surface area contributed by atoms with E-state index in [1.165, 1.54) is 38.5 Å². The van der Waals surface area contributed by atoms with Gasteiger partial charge in [-0.3, -0.25) is 0 Å². The van der Waals surface area contributed by atoms with Crippen LogP contribution in [0.3, 0.4) is 0 Å². The Morgan fingerprint density at radius 1 is 1.11 bits per heavy atom. The van der Waals surface area contributed by atoms with Crippen molar-refractivity contribution in [3.8, 4) is 12.1 Å². The lowest BCUT2D eigenvalue weighted by Crippen LogP contribution is -2.28. The monoisotopic (exact) mass is 257 g/mol. The molecule has 3 nitrogen and oxygen atoms in total. The first kappa shape index (κ1) is 15.3. The van der Waals surface area contributed by atoms with E-state index in [0.29, 0.717) is 0 Å². The number of likely N-dealkylation sites (tertiary alicyclic amines) is 1. The molecule has 1 aliphatic rings. The summed E-state index contributed by atoms with van der Waals surface area (Å²) in [6.07, 6.45) is 12.3. The first-order valence-electron chi connectivity index (χ1n) is 7.28. The van der Waals surface area contributed by atoms with Crippen molar-refractivity contribution in [2.45, 2.75) is 51.9 Å². The standard InChI is InChI=1S/C16H23N3/c1-2-3-4-6-9-16(12-15(13-17)14-18)19-10-7-5-8-11-19/h9,12H,2-8,10-11H2,1H3/b16-9-. The van der Waals surface area contributed by atoms with E-state index in [2.05, 4.69) is 17.9 Å². The molecule has 1 heterocycles. The number of rotatable bonds is 6. The van der Waals surface area contributed by atoms with Crippen molar-refractivity contribution in [2.75, 3.05) is 13.1 Å². The molecule has 0 aliphatic carbocycles. The molecule has 0 N–H and O–H groups in total. The van der Waals surface area contributed by atoms with Crippen LogP contribution in [-0.2, 0) is 0 Å². The van der Waals surface area contributed by atoms with Gasteiger partial charge in [0.15, 0.2) is 0 Å². The first-order valence-corrected chi connectivity index (χ1v) is 7.28. The van der Waals surface area contributed by atoms with Crippen LogP contribution in [0.4, 0.5) is 0 Å². The number of hydrogen-bond donors (Lipinski definition) is 0. The Kier molecular flexibility index (Phi) is 7.44. The number of nitrogens with zero attached hydrogens (tertiary/aromatic N) is 3. The van der Waals surface area contributed by atoms with Crippen LogP contribution in [0, 0.1) is 22.7 Å². The van der Waals surface area contributed by atoms with E-state index in [4.69, 9.17) is 10.5 Å². The fourth-order valence-corrected chi connectivity index (χ4v) is 2.31. The topological polar surface area (TPSA) is 50.8 Å². The van der Waals surface area contributed by atoms with E-state index in [-0.39, 0.29) is 5.57 Å². The molecular formula is C16H23N3. The molecule has 0 unspecified atom stereocenters. The normalized spacial score (nSPS) is 15.5. The SMILES string of the molecule is CCCCC/C=C(/C=C(C#N)C#N)N1CCCCC1. The van der Waals surface area contributed by atoms with Gasteiger partial charge in [0.05, 0.1) is 0 Å². The van der Waals surface area contributed by atoms with Crippen molar-refractivity contribution in [1.29, 1.82) is 10.5 Å². The molecule has 1 aliphatic heterocycles.